The van der Waals surface area contributed by atoms with Crippen molar-refractivity contribution in [2.45, 2.75) is 13.1 Å². The third kappa shape index (κ3) is 4.74. The Hall–Kier alpha value is -3.98. The number of hydrogen-bond acceptors (Lipinski definition) is 5. The van der Waals surface area contributed by atoms with Crippen LogP contribution in [-0.2, 0) is 22.6 Å². The van der Waals surface area contributed by atoms with Crippen LogP contribution in [0.3, 0.4) is 0 Å². The fourth-order valence-electron chi connectivity index (χ4n) is 4.63. The Morgan fingerprint density at radius 2 is 1.72 bits per heavy atom. The summed E-state index contributed by atoms with van der Waals surface area (Å²) >= 11 is 0. The molecule has 1 fully saturated rings. The summed E-state index contributed by atoms with van der Waals surface area (Å²) in [5, 5.41) is 0. The maximum absolute atomic E-state index is 13.4. The van der Waals surface area contributed by atoms with Gasteiger partial charge in [-0.05, 0) is 29.8 Å². The van der Waals surface area contributed by atoms with E-state index >= 15 is 0 Å². The molecule has 5 rings (SSSR count). The lowest BCUT2D eigenvalue weighted by molar-refractivity contribution is -0.132. The molecule has 0 unspecified atom stereocenters. The normalized spacial score (nSPS) is 13.9. The van der Waals surface area contributed by atoms with Crippen molar-refractivity contribution in [3.05, 3.63) is 83.3 Å². The van der Waals surface area contributed by atoms with Crippen molar-refractivity contribution in [3.8, 4) is 11.1 Å². The molecule has 2 aromatic carbocycles. The van der Waals surface area contributed by atoms with Gasteiger partial charge in [0.15, 0.2) is 0 Å². The van der Waals surface area contributed by atoms with Crippen LogP contribution in [0.4, 0.5) is 10.1 Å². The first-order valence-corrected chi connectivity index (χ1v) is 12.0. The zero-order valence-corrected chi connectivity index (χ0v) is 20.1. The van der Waals surface area contributed by atoms with Gasteiger partial charge < -0.3 is 19.1 Å². The van der Waals surface area contributed by atoms with Gasteiger partial charge in [-0.25, -0.2) is 9.37 Å². The van der Waals surface area contributed by atoms with Crippen molar-refractivity contribution in [2.24, 2.45) is 0 Å². The Bertz CT molecular complexity index is 1410. The Labute approximate surface area is 208 Å². The number of benzene rings is 2. The number of anilines is 1. The lowest BCUT2D eigenvalue weighted by Crippen LogP contribution is -2.49. The molecule has 186 valence electrons. The number of halogens is 1. The van der Waals surface area contributed by atoms with E-state index < -0.39 is 0 Å². The maximum atomic E-state index is 13.4. The van der Waals surface area contributed by atoms with Crippen LogP contribution in [0.5, 0.6) is 0 Å². The Balaban J connectivity index is 1.40. The first kappa shape index (κ1) is 23.7. The second-order valence-electron chi connectivity index (χ2n) is 8.81. The fraction of sp³-hybridized carbons (Fsp3) is 0.296. The van der Waals surface area contributed by atoms with Crippen molar-refractivity contribution < 1.29 is 13.9 Å². The highest BCUT2D eigenvalue weighted by Crippen LogP contribution is 2.28. The van der Waals surface area contributed by atoms with E-state index in [0.717, 1.165) is 16.8 Å². The van der Waals surface area contributed by atoms with Gasteiger partial charge in [-0.15, -0.1) is 0 Å². The minimum atomic E-state index is -0.267. The molecule has 36 heavy (non-hydrogen) atoms. The van der Waals surface area contributed by atoms with Crippen LogP contribution in [-0.4, -0.2) is 64.8 Å². The van der Waals surface area contributed by atoms with Gasteiger partial charge in [-0.1, -0.05) is 30.3 Å². The van der Waals surface area contributed by atoms with E-state index in [1.165, 1.54) is 23.0 Å². The molecule has 0 spiro atoms. The average molecular weight is 490 g/mol. The number of carbonyl (C=O) groups is 1. The van der Waals surface area contributed by atoms with Gasteiger partial charge in [-0.3, -0.25) is 14.2 Å². The standard InChI is InChI=1S/C27H28FN5O3/c1-36-16-15-32-19-29-25-23(20-5-3-2-4-6-20)17-33(26(25)27(32)35)18-24(34)31-13-11-30(12-14-31)22-9-7-21(28)8-10-22/h2-10,17,19H,11-16,18H2,1H3. The molecule has 8 nitrogen and oxygen atoms in total. The van der Waals surface area contributed by atoms with E-state index in [2.05, 4.69) is 9.88 Å². The third-order valence-electron chi connectivity index (χ3n) is 6.59. The van der Waals surface area contributed by atoms with Gasteiger partial charge in [0.25, 0.3) is 5.56 Å². The molecule has 0 radical (unpaired) electrons. The molecule has 1 aliphatic heterocycles. The molecule has 0 atom stereocenters. The van der Waals surface area contributed by atoms with Crippen LogP contribution in [0.25, 0.3) is 22.2 Å². The fourth-order valence-corrected chi connectivity index (χ4v) is 4.63. The molecule has 9 heteroatoms. The zero-order chi connectivity index (χ0) is 25.1. The van der Waals surface area contributed by atoms with Gasteiger partial charge in [-0.2, -0.15) is 0 Å². The highest BCUT2D eigenvalue weighted by molar-refractivity contribution is 5.93. The van der Waals surface area contributed by atoms with E-state index in [1.54, 1.807) is 23.8 Å². The quantitative estimate of drug-likeness (QED) is 0.399. The van der Waals surface area contributed by atoms with Crippen molar-refractivity contribution in [3.63, 3.8) is 0 Å². The summed E-state index contributed by atoms with van der Waals surface area (Å²) < 4.78 is 21.6. The lowest BCUT2D eigenvalue weighted by atomic mass is 10.1. The van der Waals surface area contributed by atoms with Crippen molar-refractivity contribution in [1.29, 1.82) is 0 Å². The van der Waals surface area contributed by atoms with Crippen LogP contribution in [0.15, 0.2) is 71.9 Å². The van der Waals surface area contributed by atoms with E-state index in [0.29, 0.717) is 50.4 Å². The Morgan fingerprint density at radius 3 is 2.42 bits per heavy atom. The monoisotopic (exact) mass is 489 g/mol. The van der Waals surface area contributed by atoms with Crippen LogP contribution in [0, 0.1) is 5.82 Å². The molecule has 1 aliphatic rings. The van der Waals surface area contributed by atoms with Crippen LogP contribution in [0.2, 0.25) is 0 Å². The minimum Gasteiger partial charge on any atom is -0.383 e. The average Bonchev–Trinajstić information content (AvgIpc) is 3.28. The van der Waals surface area contributed by atoms with Crippen molar-refractivity contribution >= 4 is 22.6 Å². The molecule has 1 saturated heterocycles. The van der Waals surface area contributed by atoms with Gasteiger partial charge in [0, 0.05) is 50.7 Å². The molecule has 3 heterocycles. The summed E-state index contributed by atoms with van der Waals surface area (Å²) in [6, 6.07) is 16.1. The topological polar surface area (TPSA) is 72.6 Å². The van der Waals surface area contributed by atoms with E-state index in [4.69, 9.17) is 4.74 Å². The molecular weight excluding hydrogens is 461 g/mol. The summed E-state index contributed by atoms with van der Waals surface area (Å²) in [5.41, 5.74) is 3.47. The molecule has 0 saturated carbocycles. The van der Waals surface area contributed by atoms with Gasteiger partial charge in [0.05, 0.1) is 19.5 Å². The van der Waals surface area contributed by atoms with Gasteiger partial charge in [0.2, 0.25) is 5.91 Å². The molecular formula is C27H28FN5O3. The zero-order valence-electron chi connectivity index (χ0n) is 20.1. The maximum Gasteiger partial charge on any atom is 0.277 e. The Kier molecular flexibility index (Phi) is 6.81. The van der Waals surface area contributed by atoms with Crippen LogP contribution in [0.1, 0.15) is 0 Å². The predicted molar refractivity (Wildman–Crippen MR) is 136 cm³/mol. The summed E-state index contributed by atoms with van der Waals surface area (Å²) in [7, 11) is 1.59. The number of carbonyl (C=O) groups excluding carboxylic acids is 1. The number of rotatable bonds is 7. The molecule has 4 aromatic rings. The van der Waals surface area contributed by atoms with Gasteiger partial charge in [0.1, 0.15) is 23.4 Å². The largest absolute Gasteiger partial charge is 0.383 e. The van der Waals surface area contributed by atoms with E-state index in [9.17, 15) is 14.0 Å². The van der Waals surface area contributed by atoms with E-state index in [1.807, 2.05) is 41.4 Å². The molecule has 0 N–H and O–H groups in total. The minimum absolute atomic E-state index is 0.0467. The first-order valence-electron chi connectivity index (χ1n) is 12.0. The number of hydrogen-bond donors (Lipinski definition) is 0. The predicted octanol–water partition coefficient (Wildman–Crippen LogP) is 3.00. The molecule has 0 bridgehead atoms. The number of piperazine rings is 1. The lowest BCUT2D eigenvalue weighted by Gasteiger charge is -2.36. The first-order chi connectivity index (χ1) is 17.5. The molecule has 0 aliphatic carbocycles. The number of ether oxygens (including phenoxy) is 1. The van der Waals surface area contributed by atoms with Crippen LogP contribution >= 0.6 is 0 Å². The summed E-state index contributed by atoms with van der Waals surface area (Å²) in [4.78, 5) is 35.2. The van der Waals surface area contributed by atoms with Crippen molar-refractivity contribution in [1.82, 2.24) is 19.0 Å². The number of amides is 1. The summed E-state index contributed by atoms with van der Waals surface area (Å²) in [5.74, 6) is -0.325. The Morgan fingerprint density at radius 1 is 1.00 bits per heavy atom. The second kappa shape index (κ2) is 10.3. The number of nitrogens with zero attached hydrogens (tertiary/aromatic N) is 5. The van der Waals surface area contributed by atoms with Crippen LogP contribution < -0.4 is 10.5 Å². The molecule has 2 aromatic heterocycles. The SMILES string of the molecule is COCCn1cnc2c(-c3ccccc3)cn(CC(=O)N3CCN(c4ccc(F)cc4)CC3)c2c1=O. The third-order valence-corrected chi connectivity index (χ3v) is 6.59. The van der Waals surface area contributed by atoms with Gasteiger partial charge >= 0.3 is 0 Å². The number of methoxy groups -OCH3 is 1. The number of fused-ring (bicyclic) bond motifs is 1. The highest BCUT2D eigenvalue weighted by atomic mass is 19.1. The highest BCUT2D eigenvalue weighted by Gasteiger charge is 2.24. The van der Waals surface area contributed by atoms with Crippen molar-refractivity contribution in [2.75, 3.05) is 44.8 Å². The number of aromatic nitrogens is 3. The summed E-state index contributed by atoms with van der Waals surface area (Å²) in [6.45, 7) is 3.23. The molecule has 1 amide bonds. The van der Waals surface area contributed by atoms with E-state index in [-0.39, 0.29) is 23.8 Å². The summed E-state index contributed by atoms with van der Waals surface area (Å²) in [6.07, 6.45) is 3.39. The smallest absolute Gasteiger partial charge is 0.277 e. The second-order valence-corrected chi connectivity index (χ2v) is 8.81.